The molecule has 3 aromatic rings. The first-order chi connectivity index (χ1) is 11.6. The predicted octanol–water partition coefficient (Wildman–Crippen LogP) is 5.04. The second-order valence-corrected chi connectivity index (χ2v) is 5.19. The normalized spacial score (nSPS) is 10.0. The first kappa shape index (κ1) is 15.4. The lowest BCUT2D eigenvalue weighted by Crippen LogP contribution is -1.92. The summed E-state index contributed by atoms with van der Waals surface area (Å²) in [5.41, 5.74) is 3.35. The predicted molar refractivity (Wildman–Crippen MR) is 86.7 cm³/mol. The molecule has 24 heavy (non-hydrogen) atoms. The van der Waals surface area contributed by atoms with E-state index in [0.29, 0.717) is 33.4 Å². The third kappa shape index (κ3) is 2.86. The van der Waals surface area contributed by atoms with Crippen molar-refractivity contribution in [2.45, 2.75) is 0 Å². The molecule has 0 aliphatic rings. The maximum atomic E-state index is 13.8. The van der Waals surface area contributed by atoms with E-state index < -0.39 is 11.6 Å². The van der Waals surface area contributed by atoms with Gasteiger partial charge in [-0.15, -0.1) is 0 Å². The van der Waals surface area contributed by atoms with Gasteiger partial charge in [-0.05, 0) is 58.7 Å². The number of nitrogens with zero attached hydrogens (tertiary/aromatic N) is 2. The SMILES string of the molecule is N#Cc1ccc(-c2cc(F)c(F)cc2-c2ccc(C#N)cc2)cc1. The molecule has 0 amide bonds. The maximum Gasteiger partial charge on any atom is 0.159 e. The molecular weight excluding hydrogens is 306 g/mol. The standard InChI is InChI=1S/C20H10F2N2/c21-19-9-17(15-5-1-13(11-23)2-6-15)18(10-20(19)22)16-7-3-14(12-24)4-8-16/h1-10H. The summed E-state index contributed by atoms with van der Waals surface area (Å²) >= 11 is 0. The molecule has 0 unspecified atom stereocenters. The average molecular weight is 316 g/mol. The van der Waals surface area contributed by atoms with Crippen molar-refractivity contribution in [3.05, 3.63) is 83.4 Å². The fourth-order valence-corrected chi connectivity index (χ4v) is 2.47. The Hall–Kier alpha value is -3.50. The summed E-state index contributed by atoms with van der Waals surface area (Å²) in [5, 5.41) is 17.8. The van der Waals surface area contributed by atoms with E-state index in [4.69, 9.17) is 10.5 Å². The highest BCUT2D eigenvalue weighted by atomic mass is 19.2. The Morgan fingerprint density at radius 1 is 0.583 bits per heavy atom. The molecule has 3 rings (SSSR count). The van der Waals surface area contributed by atoms with Gasteiger partial charge in [0.25, 0.3) is 0 Å². The van der Waals surface area contributed by atoms with Crippen molar-refractivity contribution >= 4 is 0 Å². The van der Waals surface area contributed by atoms with Crippen molar-refractivity contribution in [2.75, 3.05) is 0 Å². The smallest absolute Gasteiger partial charge is 0.159 e. The minimum atomic E-state index is -0.938. The molecule has 0 atom stereocenters. The number of benzene rings is 3. The van der Waals surface area contributed by atoms with Crippen LogP contribution in [0.3, 0.4) is 0 Å². The number of nitriles is 2. The Morgan fingerprint density at radius 3 is 1.21 bits per heavy atom. The lowest BCUT2D eigenvalue weighted by Gasteiger charge is -2.11. The molecule has 0 aromatic heterocycles. The summed E-state index contributed by atoms with van der Waals surface area (Å²) in [5.74, 6) is -1.88. The summed E-state index contributed by atoms with van der Waals surface area (Å²) in [6.45, 7) is 0. The summed E-state index contributed by atoms with van der Waals surface area (Å²) in [6, 6.07) is 19.6. The van der Waals surface area contributed by atoms with Gasteiger partial charge in [0, 0.05) is 0 Å². The van der Waals surface area contributed by atoms with Crippen LogP contribution in [0.2, 0.25) is 0 Å². The van der Waals surface area contributed by atoms with Crippen LogP contribution >= 0.6 is 0 Å². The van der Waals surface area contributed by atoms with E-state index in [1.165, 1.54) is 0 Å². The van der Waals surface area contributed by atoms with Crippen LogP contribution in [0, 0.1) is 34.3 Å². The van der Waals surface area contributed by atoms with Crippen molar-refractivity contribution in [3.63, 3.8) is 0 Å². The minimum absolute atomic E-state index is 0.487. The molecule has 2 nitrogen and oxygen atoms in total. The first-order valence-corrected chi connectivity index (χ1v) is 7.12. The highest BCUT2D eigenvalue weighted by Gasteiger charge is 2.13. The largest absolute Gasteiger partial charge is 0.204 e. The topological polar surface area (TPSA) is 47.6 Å². The van der Waals surface area contributed by atoms with E-state index in [-0.39, 0.29) is 0 Å². The third-order valence-corrected chi connectivity index (χ3v) is 3.71. The van der Waals surface area contributed by atoms with Gasteiger partial charge in [0.15, 0.2) is 11.6 Å². The molecule has 0 heterocycles. The summed E-state index contributed by atoms with van der Waals surface area (Å²) in [4.78, 5) is 0. The average Bonchev–Trinajstić information content (AvgIpc) is 2.64. The van der Waals surface area contributed by atoms with Gasteiger partial charge in [-0.2, -0.15) is 10.5 Å². The van der Waals surface area contributed by atoms with Crippen molar-refractivity contribution in [2.24, 2.45) is 0 Å². The molecule has 0 aliphatic carbocycles. The fourth-order valence-electron chi connectivity index (χ4n) is 2.47. The molecule has 0 N–H and O–H groups in total. The van der Waals surface area contributed by atoms with Crippen LogP contribution in [0.15, 0.2) is 60.7 Å². The molecule has 114 valence electrons. The summed E-state index contributed by atoms with van der Waals surface area (Å²) in [6.07, 6.45) is 0. The number of hydrogen-bond acceptors (Lipinski definition) is 2. The first-order valence-electron chi connectivity index (χ1n) is 7.12. The van der Waals surface area contributed by atoms with Gasteiger partial charge in [-0.1, -0.05) is 24.3 Å². The Kier molecular flexibility index (Phi) is 4.05. The van der Waals surface area contributed by atoms with Crippen LogP contribution in [0.4, 0.5) is 8.78 Å². The van der Waals surface area contributed by atoms with Crippen LogP contribution in [-0.4, -0.2) is 0 Å². The minimum Gasteiger partial charge on any atom is -0.204 e. The summed E-state index contributed by atoms with van der Waals surface area (Å²) in [7, 11) is 0. The molecule has 0 bridgehead atoms. The van der Waals surface area contributed by atoms with Crippen LogP contribution in [-0.2, 0) is 0 Å². The van der Waals surface area contributed by atoms with E-state index in [0.717, 1.165) is 12.1 Å². The van der Waals surface area contributed by atoms with Gasteiger partial charge in [0.1, 0.15) is 0 Å². The van der Waals surface area contributed by atoms with Gasteiger partial charge in [0.05, 0.1) is 23.3 Å². The Morgan fingerprint density at radius 2 is 0.917 bits per heavy atom. The number of halogens is 2. The molecular formula is C20H10F2N2. The lowest BCUT2D eigenvalue weighted by molar-refractivity contribution is 0.509. The van der Waals surface area contributed by atoms with E-state index in [9.17, 15) is 8.78 Å². The Balaban J connectivity index is 2.19. The van der Waals surface area contributed by atoms with Crippen LogP contribution in [0.25, 0.3) is 22.3 Å². The van der Waals surface area contributed by atoms with Crippen LogP contribution in [0.5, 0.6) is 0 Å². The molecule has 3 aromatic carbocycles. The molecule has 0 spiro atoms. The van der Waals surface area contributed by atoms with Crippen LogP contribution in [0.1, 0.15) is 11.1 Å². The molecule has 0 saturated carbocycles. The van der Waals surface area contributed by atoms with Crippen molar-refractivity contribution < 1.29 is 8.78 Å². The quantitative estimate of drug-likeness (QED) is 0.665. The fraction of sp³-hybridized carbons (Fsp3) is 0. The number of rotatable bonds is 2. The Bertz CT molecular complexity index is 894. The highest BCUT2D eigenvalue weighted by molar-refractivity contribution is 5.83. The molecule has 0 saturated heterocycles. The molecule has 4 heteroatoms. The van der Waals surface area contributed by atoms with Crippen LogP contribution < -0.4 is 0 Å². The van der Waals surface area contributed by atoms with Gasteiger partial charge < -0.3 is 0 Å². The monoisotopic (exact) mass is 316 g/mol. The zero-order valence-corrected chi connectivity index (χ0v) is 12.4. The van der Waals surface area contributed by atoms with Crippen molar-refractivity contribution in [3.8, 4) is 34.4 Å². The maximum absolute atomic E-state index is 13.8. The molecule has 0 radical (unpaired) electrons. The lowest BCUT2D eigenvalue weighted by atomic mass is 9.93. The van der Waals surface area contributed by atoms with Gasteiger partial charge in [-0.3, -0.25) is 0 Å². The van der Waals surface area contributed by atoms with E-state index >= 15 is 0 Å². The highest BCUT2D eigenvalue weighted by Crippen LogP contribution is 2.34. The van der Waals surface area contributed by atoms with Gasteiger partial charge in [-0.25, -0.2) is 8.78 Å². The zero-order valence-electron chi connectivity index (χ0n) is 12.4. The Labute approximate surface area is 137 Å². The summed E-state index contributed by atoms with van der Waals surface area (Å²) < 4.78 is 27.5. The second kappa shape index (κ2) is 6.32. The van der Waals surface area contributed by atoms with Gasteiger partial charge in [0.2, 0.25) is 0 Å². The zero-order chi connectivity index (χ0) is 17.1. The number of hydrogen-bond donors (Lipinski definition) is 0. The molecule has 0 aliphatic heterocycles. The third-order valence-electron chi connectivity index (χ3n) is 3.71. The van der Waals surface area contributed by atoms with Gasteiger partial charge >= 0.3 is 0 Å². The molecule has 0 fully saturated rings. The van der Waals surface area contributed by atoms with Crippen molar-refractivity contribution in [1.82, 2.24) is 0 Å². The second-order valence-electron chi connectivity index (χ2n) is 5.19. The van der Waals surface area contributed by atoms with E-state index in [2.05, 4.69) is 0 Å². The van der Waals surface area contributed by atoms with Crippen molar-refractivity contribution in [1.29, 1.82) is 10.5 Å². The van der Waals surface area contributed by atoms with E-state index in [1.54, 1.807) is 48.5 Å². The van der Waals surface area contributed by atoms with E-state index in [1.807, 2.05) is 12.1 Å².